The summed E-state index contributed by atoms with van der Waals surface area (Å²) in [4.78, 5) is 10.5. The van der Waals surface area contributed by atoms with Gasteiger partial charge in [0.05, 0.1) is 15.4 Å². The lowest BCUT2D eigenvalue weighted by Gasteiger charge is -2.21. The molecule has 0 saturated heterocycles. The summed E-state index contributed by atoms with van der Waals surface area (Å²) in [6.07, 6.45) is 0. The Kier molecular flexibility index (Phi) is 5.28. The Morgan fingerprint density at radius 1 is 1.17 bits per heavy atom. The molecule has 8 heteroatoms. The van der Waals surface area contributed by atoms with E-state index in [9.17, 15) is 18.5 Å². The molecule has 0 aliphatic carbocycles. The van der Waals surface area contributed by atoms with E-state index in [0.717, 1.165) is 4.31 Å². The number of sulfonamides is 1. The Morgan fingerprint density at radius 3 is 2.42 bits per heavy atom. The first-order valence-electron chi connectivity index (χ1n) is 7.13. The average molecular weight is 345 g/mol. The fourth-order valence-corrected chi connectivity index (χ4v) is 3.87. The van der Waals surface area contributed by atoms with Gasteiger partial charge in [0.15, 0.2) is 0 Å². The maximum Gasteiger partial charge on any atom is 0.273 e. The van der Waals surface area contributed by atoms with Gasteiger partial charge >= 0.3 is 0 Å². The molecule has 24 heavy (non-hydrogen) atoms. The van der Waals surface area contributed by atoms with Crippen LogP contribution in [0, 0.1) is 21.4 Å². The normalized spacial score (nSPS) is 11.2. The molecular weight excluding hydrogens is 330 g/mol. The van der Waals surface area contributed by atoms with E-state index in [1.807, 2.05) is 6.07 Å². The molecule has 0 unspecified atom stereocenters. The average Bonchev–Trinajstić information content (AvgIpc) is 2.59. The van der Waals surface area contributed by atoms with Gasteiger partial charge in [-0.15, -0.1) is 0 Å². The maximum absolute atomic E-state index is 12.8. The zero-order chi connectivity index (χ0) is 17.7. The number of benzene rings is 2. The van der Waals surface area contributed by atoms with E-state index in [2.05, 4.69) is 0 Å². The van der Waals surface area contributed by atoms with Gasteiger partial charge in [0.2, 0.25) is 10.0 Å². The third-order valence-corrected chi connectivity index (χ3v) is 5.49. The van der Waals surface area contributed by atoms with E-state index in [4.69, 9.17) is 5.26 Å². The van der Waals surface area contributed by atoms with Gasteiger partial charge in [0.1, 0.15) is 6.07 Å². The van der Waals surface area contributed by atoms with Crippen molar-refractivity contribution in [2.75, 3.05) is 6.54 Å². The van der Waals surface area contributed by atoms with Crippen LogP contribution in [-0.4, -0.2) is 24.2 Å². The zero-order valence-corrected chi connectivity index (χ0v) is 13.7. The lowest BCUT2D eigenvalue weighted by atomic mass is 10.2. The van der Waals surface area contributed by atoms with Crippen molar-refractivity contribution in [2.24, 2.45) is 0 Å². The molecule has 0 bridgehead atoms. The number of nitrogens with zero attached hydrogens (tertiary/aromatic N) is 3. The highest BCUT2D eigenvalue weighted by atomic mass is 32.2. The molecule has 0 amide bonds. The van der Waals surface area contributed by atoms with Gasteiger partial charge in [0.25, 0.3) is 5.69 Å². The van der Waals surface area contributed by atoms with Crippen molar-refractivity contribution >= 4 is 15.7 Å². The monoisotopic (exact) mass is 345 g/mol. The first-order valence-corrected chi connectivity index (χ1v) is 8.57. The second-order valence-electron chi connectivity index (χ2n) is 4.92. The molecule has 0 N–H and O–H groups in total. The summed E-state index contributed by atoms with van der Waals surface area (Å²) in [6, 6.07) is 13.7. The number of nitriles is 1. The van der Waals surface area contributed by atoms with Gasteiger partial charge in [-0.1, -0.05) is 37.3 Å². The van der Waals surface area contributed by atoms with E-state index in [0.29, 0.717) is 5.56 Å². The Labute approximate surface area is 140 Å². The predicted octanol–water partition coefficient (Wildman–Crippen LogP) is 2.68. The van der Waals surface area contributed by atoms with E-state index in [1.165, 1.54) is 36.4 Å². The lowest BCUT2D eigenvalue weighted by molar-refractivity contribution is -0.385. The summed E-state index contributed by atoms with van der Waals surface area (Å²) >= 11 is 0. The van der Waals surface area contributed by atoms with E-state index >= 15 is 0 Å². The molecule has 0 radical (unpaired) electrons. The van der Waals surface area contributed by atoms with Crippen molar-refractivity contribution in [3.05, 3.63) is 69.8 Å². The third-order valence-electron chi connectivity index (χ3n) is 3.51. The number of hydrogen-bond donors (Lipinski definition) is 0. The number of hydrogen-bond acceptors (Lipinski definition) is 5. The largest absolute Gasteiger partial charge is 0.273 e. The standard InChI is InChI=1S/C16H15N3O4S/c1-2-18(12-14-8-3-5-9-15(14)19(20)21)24(22,23)16-10-6-4-7-13(16)11-17/h3-10H,2,12H2,1H3. The van der Waals surface area contributed by atoms with Crippen LogP contribution in [-0.2, 0) is 16.6 Å². The fourth-order valence-electron chi connectivity index (χ4n) is 2.30. The van der Waals surface area contributed by atoms with E-state index in [-0.39, 0.29) is 29.2 Å². The summed E-state index contributed by atoms with van der Waals surface area (Å²) in [7, 11) is -3.95. The number of rotatable bonds is 6. The van der Waals surface area contributed by atoms with Crippen LogP contribution in [0.4, 0.5) is 5.69 Å². The number of para-hydroxylation sites is 1. The topological polar surface area (TPSA) is 104 Å². The molecule has 0 saturated carbocycles. The first-order chi connectivity index (χ1) is 11.4. The predicted molar refractivity (Wildman–Crippen MR) is 87.5 cm³/mol. The van der Waals surface area contributed by atoms with Crippen LogP contribution in [0.2, 0.25) is 0 Å². The summed E-state index contributed by atoms with van der Waals surface area (Å²) in [5.74, 6) is 0. The van der Waals surface area contributed by atoms with Gasteiger partial charge < -0.3 is 0 Å². The molecule has 124 valence electrons. The Balaban J connectivity index is 2.46. The van der Waals surface area contributed by atoms with Crippen LogP contribution in [0.1, 0.15) is 18.1 Å². The minimum Gasteiger partial charge on any atom is -0.258 e. The molecule has 2 rings (SSSR count). The fraction of sp³-hybridized carbons (Fsp3) is 0.188. The smallest absolute Gasteiger partial charge is 0.258 e. The minimum absolute atomic E-state index is 0.0403. The summed E-state index contributed by atoms with van der Waals surface area (Å²) in [5.41, 5.74) is 0.195. The molecule has 2 aromatic rings. The van der Waals surface area contributed by atoms with Crippen molar-refractivity contribution in [1.82, 2.24) is 4.31 Å². The Bertz CT molecular complexity index is 904. The van der Waals surface area contributed by atoms with Gasteiger partial charge in [-0.2, -0.15) is 9.57 Å². The van der Waals surface area contributed by atoms with Crippen LogP contribution < -0.4 is 0 Å². The van der Waals surface area contributed by atoms with E-state index in [1.54, 1.807) is 19.1 Å². The molecule has 0 heterocycles. The molecule has 2 aromatic carbocycles. The van der Waals surface area contributed by atoms with Gasteiger partial charge in [-0.3, -0.25) is 10.1 Å². The number of nitro groups is 1. The van der Waals surface area contributed by atoms with Gasteiger partial charge in [0, 0.05) is 24.7 Å². The van der Waals surface area contributed by atoms with Crippen molar-refractivity contribution in [3.8, 4) is 6.07 Å². The number of nitro benzene ring substituents is 1. The summed E-state index contributed by atoms with van der Waals surface area (Å²) in [6.45, 7) is 1.62. The molecule has 0 aliphatic heterocycles. The molecule has 0 fully saturated rings. The van der Waals surface area contributed by atoms with Crippen LogP contribution in [0.25, 0.3) is 0 Å². The van der Waals surface area contributed by atoms with Crippen LogP contribution in [0.5, 0.6) is 0 Å². The molecule has 0 atom stereocenters. The molecular formula is C16H15N3O4S. The van der Waals surface area contributed by atoms with Gasteiger partial charge in [-0.05, 0) is 12.1 Å². The third kappa shape index (κ3) is 3.42. The summed E-state index contributed by atoms with van der Waals surface area (Å²) in [5, 5.41) is 20.2. The lowest BCUT2D eigenvalue weighted by Crippen LogP contribution is -2.31. The molecule has 0 aliphatic rings. The Morgan fingerprint density at radius 2 is 1.79 bits per heavy atom. The maximum atomic E-state index is 12.8. The van der Waals surface area contributed by atoms with Crippen molar-refractivity contribution < 1.29 is 13.3 Å². The van der Waals surface area contributed by atoms with Crippen molar-refractivity contribution in [3.63, 3.8) is 0 Å². The van der Waals surface area contributed by atoms with Crippen molar-refractivity contribution in [2.45, 2.75) is 18.4 Å². The SMILES string of the molecule is CCN(Cc1ccccc1[N+](=O)[O-])S(=O)(=O)c1ccccc1C#N. The van der Waals surface area contributed by atoms with Gasteiger partial charge in [-0.25, -0.2) is 8.42 Å². The quantitative estimate of drug-likeness (QED) is 0.591. The zero-order valence-electron chi connectivity index (χ0n) is 12.9. The van der Waals surface area contributed by atoms with Crippen LogP contribution in [0.3, 0.4) is 0 Å². The highest BCUT2D eigenvalue weighted by Gasteiger charge is 2.27. The van der Waals surface area contributed by atoms with E-state index < -0.39 is 14.9 Å². The minimum atomic E-state index is -3.95. The highest BCUT2D eigenvalue weighted by Crippen LogP contribution is 2.25. The summed E-state index contributed by atoms with van der Waals surface area (Å²) < 4.78 is 26.8. The van der Waals surface area contributed by atoms with Crippen LogP contribution >= 0.6 is 0 Å². The molecule has 0 spiro atoms. The van der Waals surface area contributed by atoms with Crippen LogP contribution in [0.15, 0.2) is 53.4 Å². The molecule has 0 aromatic heterocycles. The highest BCUT2D eigenvalue weighted by molar-refractivity contribution is 7.89. The Hall–Kier alpha value is -2.76. The first kappa shape index (κ1) is 17.6. The second kappa shape index (κ2) is 7.21. The van der Waals surface area contributed by atoms with Crippen molar-refractivity contribution in [1.29, 1.82) is 5.26 Å². The molecule has 7 nitrogen and oxygen atoms in total. The second-order valence-corrected chi connectivity index (χ2v) is 6.83.